The molecule has 7 rings (SSSR count). The number of carbonyl (C=O) groups is 2. The molecule has 0 radical (unpaired) electrons. The molecule has 3 aliphatic carbocycles. The van der Waals surface area contributed by atoms with Gasteiger partial charge in [-0.1, -0.05) is 71.2 Å². The molecule has 0 atom stereocenters. The standard InChI is InChI=1S/C33H14N8O2S2/c1-33(2)29-27(44-31(40-29)38-23-21(19(13-34)36-3)15-9-5-7-11-17(15)25(23)42)28-30(33)41-32(45-28)39-24-22(20(14-35)37-4)16-10-6-8-12-18(16)26(24)43/h5-12H,1-2H3/b21-19+,22-20?,38-23?,39-24?. The number of allylic oxidation sites excluding steroid dienone is 4. The zero-order valence-electron chi connectivity index (χ0n) is 23.3. The fourth-order valence-electron chi connectivity index (χ4n) is 5.67. The molecule has 0 fully saturated rings. The van der Waals surface area contributed by atoms with Crippen molar-refractivity contribution >= 4 is 67.1 Å². The second-order valence-electron chi connectivity index (χ2n) is 10.5. The molecule has 0 bridgehead atoms. The van der Waals surface area contributed by atoms with Crippen molar-refractivity contribution in [3.63, 3.8) is 0 Å². The Labute approximate surface area is 264 Å². The smallest absolute Gasteiger partial charge is 0.271 e. The van der Waals surface area contributed by atoms with Crippen LogP contribution in [0.2, 0.25) is 0 Å². The summed E-state index contributed by atoms with van der Waals surface area (Å²) in [6.07, 6.45) is 0. The average molecular weight is 619 g/mol. The highest BCUT2D eigenvalue weighted by atomic mass is 32.1. The third kappa shape index (κ3) is 3.88. The van der Waals surface area contributed by atoms with Crippen LogP contribution in [0.1, 0.15) is 57.1 Å². The molecule has 12 heteroatoms. The Bertz CT molecular complexity index is 2190. The number of carbonyl (C=O) groups excluding carboxylic acids is 2. The predicted octanol–water partition coefficient (Wildman–Crippen LogP) is 7.15. The van der Waals surface area contributed by atoms with Gasteiger partial charge in [-0.3, -0.25) is 9.59 Å². The Morgan fingerprint density at radius 1 is 0.733 bits per heavy atom. The minimum absolute atomic E-state index is 0.00247. The molecule has 0 aliphatic heterocycles. The fourth-order valence-corrected chi connectivity index (χ4v) is 8.01. The molecule has 0 saturated carbocycles. The molecule has 0 spiro atoms. The van der Waals surface area contributed by atoms with Crippen LogP contribution in [0.4, 0.5) is 10.3 Å². The molecule has 4 aromatic rings. The number of hydrogen-bond donors (Lipinski definition) is 0. The number of ketones is 2. The SMILES string of the molecule is [C-]#[N+]C(C#N)=C1C(=Nc2nc3c(s2)-c2sc(N=C4C(=O)c5ccccc5/C4=C(/C#N)[N+]#[C-])nc2C3(C)C)C(=O)c2ccccc21. The van der Waals surface area contributed by atoms with Gasteiger partial charge in [-0.25, -0.2) is 40.2 Å². The van der Waals surface area contributed by atoms with E-state index in [1.54, 1.807) is 48.5 Å². The fraction of sp³-hybridized carbons (Fsp3) is 0.0909. The van der Waals surface area contributed by atoms with Crippen LogP contribution in [0.15, 0.2) is 69.9 Å². The number of Topliss-reactive ketones (excluding diaryl/α,β-unsaturated/α-hetero) is 2. The van der Waals surface area contributed by atoms with E-state index in [0.717, 1.165) is 9.75 Å². The van der Waals surface area contributed by atoms with Crippen LogP contribution in [0.5, 0.6) is 0 Å². The van der Waals surface area contributed by atoms with Crippen molar-refractivity contribution in [2.75, 3.05) is 0 Å². The zero-order valence-corrected chi connectivity index (χ0v) is 25.0. The van der Waals surface area contributed by atoms with E-state index < -0.39 is 5.41 Å². The Morgan fingerprint density at radius 3 is 1.47 bits per heavy atom. The first-order valence-electron chi connectivity index (χ1n) is 13.3. The lowest BCUT2D eigenvalue weighted by atomic mass is 9.90. The molecule has 0 saturated heterocycles. The number of rotatable bonds is 2. The van der Waals surface area contributed by atoms with Crippen molar-refractivity contribution in [2.24, 2.45) is 9.98 Å². The van der Waals surface area contributed by atoms with Crippen LogP contribution >= 0.6 is 22.7 Å². The minimum atomic E-state index is -0.667. The molecule has 2 heterocycles. The molecule has 0 unspecified atom stereocenters. The van der Waals surface area contributed by atoms with Gasteiger partial charge in [-0.05, 0) is 25.0 Å². The molecular formula is C33H14N8O2S2. The normalized spacial score (nSPS) is 19.2. The number of aromatic nitrogens is 2. The summed E-state index contributed by atoms with van der Waals surface area (Å²) in [6, 6.07) is 17.3. The largest absolute Gasteiger partial charge is 0.287 e. The Hall–Kier alpha value is -6.18. The molecule has 0 amide bonds. The van der Waals surface area contributed by atoms with Gasteiger partial charge in [0.05, 0.1) is 51.8 Å². The van der Waals surface area contributed by atoms with Gasteiger partial charge in [-0.15, -0.1) is 0 Å². The number of fused-ring (bicyclic) bond motifs is 5. The molecule has 45 heavy (non-hydrogen) atoms. The second kappa shape index (κ2) is 9.94. The quantitative estimate of drug-likeness (QED) is 0.173. The molecule has 2 aromatic carbocycles. The van der Waals surface area contributed by atoms with E-state index in [0.29, 0.717) is 43.9 Å². The lowest BCUT2D eigenvalue weighted by Crippen LogP contribution is -2.16. The van der Waals surface area contributed by atoms with E-state index in [9.17, 15) is 20.1 Å². The highest BCUT2D eigenvalue weighted by Crippen LogP contribution is 2.55. The summed E-state index contributed by atoms with van der Waals surface area (Å²) in [4.78, 5) is 53.7. The number of hydrogen-bond acceptors (Lipinski definition) is 10. The molecule has 3 aliphatic rings. The van der Waals surface area contributed by atoms with E-state index in [-0.39, 0.29) is 45.5 Å². The number of aliphatic imine (C=N–C) groups is 2. The predicted molar refractivity (Wildman–Crippen MR) is 169 cm³/mol. The van der Waals surface area contributed by atoms with Gasteiger partial charge >= 0.3 is 0 Å². The van der Waals surface area contributed by atoms with E-state index in [1.807, 2.05) is 26.0 Å². The van der Waals surface area contributed by atoms with Gasteiger partial charge in [0.2, 0.25) is 21.8 Å². The first kappa shape index (κ1) is 27.6. The highest BCUT2D eigenvalue weighted by molar-refractivity contribution is 7.25. The Kier molecular flexibility index (Phi) is 6.11. The van der Waals surface area contributed by atoms with Crippen molar-refractivity contribution in [2.45, 2.75) is 19.3 Å². The van der Waals surface area contributed by atoms with Gasteiger partial charge in [0, 0.05) is 22.3 Å². The van der Waals surface area contributed by atoms with E-state index in [2.05, 4.69) is 19.7 Å². The maximum atomic E-state index is 13.4. The summed E-state index contributed by atoms with van der Waals surface area (Å²) in [5, 5.41) is 19.8. The van der Waals surface area contributed by atoms with Crippen LogP contribution in [0.25, 0.3) is 30.6 Å². The van der Waals surface area contributed by atoms with Crippen molar-refractivity contribution < 1.29 is 9.59 Å². The molecule has 10 nitrogen and oxygen atoms in total. The van der Waals surface area contributed by atoms with E-state index >= 15 is 0 Å². The lowest BCUT2D eigenvalue weighted by Gasteiger charge is -2.15. The average Bonchev–Trinajstić information content (AvgIpc) is 3.82. The number of benzene rings is 2. The topological polar surface area (TPSA) is 141 Å². The van der Waals surface area contributed by atoms with Gasteiger partial charge in [0.15, 0.2) is 0 Å². The third-order valence-corrected chi connectivity index (χ3v) is 9.79. The lowest BCUT2D eigenvalue weighted by molar-refractivity contribution is 0.106. The van der Waals surface area contributed by atoms with Crippen molar-refractivity contribution in [3.05, 3.63) is 116 Å². The van der Waals surface area contributed by atoms with Crippen molar-refractivity contribution in [1.29, 1.82) is 10.5 Å². The van der Waals surface area contributed by atoms with Gasteiger partial charge in [0.25, 0.3) is 11.4 Å². The van der Waals surface area contributed by atoms with Crippen LogP contribution in [-0.4, -0.2) is 33.0 Å². The van der Waals surface area contributed by atoms with Crippen LogP contribution in [0, 0.1) is 35.8 Å². The minimum Gasteiger partial charge on any atom is -0.287 e. The maximum absolute atomic E-state index is 13.4. The van der Waals surface area contributed by atoms with E-state index in [4.69, 9.17) is 23.1 Å². The van der Waals surface area contributed by atoms with E-state index in [1.165, 1.54) is 22.7 Å². The summed E-state index contributed by atoms with van der Waals surface area (Å²) in [6.45, 7) is 18.9. The molecule has 2 aromatic heterocycles. The molecular weight excluding hydrogens is 605 g/mol. The summed E-state index contributed by atoms with van der Waals surface area (Å²) in [7, 11) is 0. The summed E-state index contributed by atoms with van der Waals surface area (Å²) in [5.41, 5.74) is 2.42. The van der Waals surface area contributed by atoms with Crippen LogP contribution in [-0.2, 0) is 5.41 Å². The second-order valence-corrected chi connectivity index (χ2v) is 12.5. The highest BCUT2D eigenvalue weighted by Gasteiger charge is 2.44. The van der Waals surface area contributed by atoms with Crippen LogP contribution < -0.4 is 0 Å². The molecule has 210 valence electrons. The first-order chi connectivity index (χ1) is 21.7. The summed E-state index contributed by atoms with van der Waals surface area (Å²) in [5.74, 6) is -0.768. The Morgan fingerprint density at radius 2 is 1.11 bits per heavy atom. The summed E-state index contributed by atoms with van der Waals surface area (Å²) >= 11 is 2.50. The van der Waals surface area contributed by atoms with Gasteiger partial charge in [-0.2, -0.15) is 0 Å². The Balaban J connectivity index is 1.34. The van der Waals surface area contributed by atoms with Crippen molar-refractivity contribution in [1.82, 2.24) is 9.97 Å². The molecule has 0 N–H and O–H groups in total. The maximum Gasteiger partial charge on any atom is 0.271 e. The van der Waals surface area contributed by atoms with Crippen LogP contribution in [0.3, 0.4) is 0 Å². The number of nitriles is 2. The number of nitrogens with zero attached hydrogens (tertiary/aromatic N) is 8. The monoisotopic (exact) mass is 618 g/mol. The first-order valence-corrected chi connectivity index (χ1v) is 14.9. The number of thiazole rings is 2. The summed E-state index contributed by atoms with van der Waals surface area (Å²) < 4.78 is 0. The van der Waals surface area contributed by atoms with Gasteiger partial charge < -0.3 is 0 Å². The van der Waals surface area contributed by atoms with Crippen molar-refractivity contribution in [3.8, 4) is 21.9 Å². The van der Waals surface area contributed by atoms with Gasteiger partial charge in [0.1, 0.15) is 11.4 Å². The third-order valence-electron chi connectivity index (χ3n) is 7.73. The zero-order chi connectivity index (χ0) is 31.6.